The zero-order chi connectivity index (χ0) is 15.6. The van der Waals surface area contributed by atoms with Crippen LogP contribution in [0, 0.1) is 28.1 Å². The number of nitriles is 1. The lowest BCUT2D eigenvalue weighted by Gasteiger charge is -2.43. The molecule has 0 aliphatic heterocycles. The molecule has 1 saturated carbocycles. The van der Waals surface area contributed by atoms with Crippen LogP contribution in [0.5, 0.6) is 0 Å². The third-order valence-electron chi connectivity index (χ3n) is 5.20. The maximum atomic E-state index is 10.6. The minimum Gasteiger partial charge on any atom is -0.391 e. The van der Waals surface area contributed by atoms with Crippen LogP contribution < -0.4 is 0 Å². The minimum absolute atomic E-state index is 0.290. The van der Waals surface area contributed by atoms with Gasteiger partial charge in [-0.25, -0.2) is 0 Å². The van der Waals surface area contributed by atoms with Gasteiger partial charge in [-0.1, -0.05) is 20.8 Å². The molecule has 0 aromatic rings. The van der Waals surface area contributed by atoms with E-state index in [9.17, 15) is 10.4 Å². The summed E-state index contributed by atoms with van der Waals surface area (Å²) in [6.07, 6.45) is 3.56. The Balaban J connectivity index is 2.75. The van der Waals surface area contributed by atoms with E-state index in [4.69, 9.17) is 4.74 Å². The molecule has 1 fully saturated rings. The lowest BCUT2D eigenvalue weighted by molar-refractivity contribution is -0.0624. The normalized spacial score (nSPS) is 29.8. The number of hydrogen-bond donors (Lipinski definition) is 1. The molecule has 3 heteroatoms. The zero-order valence-electron chi connectivity index (χ0n) is 14.0. The van der Waals surface area contributed by atoms with Crippen molar-refractivity contribution < 1.29 is 9.84 Å². The molecule has 0 radical (unpaired) electrons. The molecule has 0 spiro atoms. The Kier molecular flexibility index (Phi) is 5.27. The molecule has 1 rings (SSSR count). The second-order valence-corrected chi connectivity index (χ2v) is 8.09. The fourth-order valence-electron chi connectivity index (χ4n) is 3.26. The fourth-order valence-corrected chi connectivity index (χ4v) is 3.26. The van der Waals surface area contributed by atoms with Crippen LogP contribution in [0.25, 0.3) is 0 Å². The molecular formula is C17H31NO2. The van der Waals surface area contributed by atoms with Gasteiger partial charge in [0.1, 0.15) is 0 Å². The minimum atomic E-state index is -0.608. The molecule has 0 bridgehead atoms. The van der Waals surface area contributed by atoms with Crippen LogP contribution in [-0.2, 0) is 4.74 Å². The van der Waals surface area contributed by atoms with E-state index in [-0.39, 0.29) is 5.60 Å². The summed E-state index contributed by atoms with van der Waals surface area (Å²) < 4.78 is 5.39. The van der Waals surface area contributed by atoms with Crippen molar-refractivity contribution in [3.8, 4) is 6.07 Å². The van der Waals surface area contributed by atoms with E-state index in [0.717, 1.165) is 25.7 Å². The Hall–Kier alpha value is -0.590. The van der Waals surface area contributed by atoms with Gasteiger partial charge in [-0.15, -0.1) is 0 Å². The van der Waals surface area contributed by atoms with Crippen LogP contribution in [0.3, 0.4) is 0 Å². The van der Waals surface area contributed by atoms with Crippen molar-refractivity contribution in [2.45, 2.75) is 78.4 Å². The van der Waals surface area contributed by atoms with E-state index in [2.05, 4.69) is 26.8 Å². The number of ether oxygens (including phenoxy) is 1. The smallest absolute Gasteiger partial charge is 0.0833 e. The van der Waals surface area contributed by atoms with Crippen molar-refractivity contribution >= 4 is 0 Å². The maximum Gasteiger partial charge on any atom is 0.0833 e. The summed E-state index contributed by atoms with van der Waals surface area (Å²) in [7, 11) is 1.66. The Labute approximate surface area is 124 Å². The van der Waals surface area contributed by atoms with Crippen LogP contribution in [0.15, 0.2) is 0 Å². The van der Waals surface area contributed by atoms with Crippen molar-refractivity contribution in [3.05, 3.63) is 0 Å². The van der Waals surface area contributed by atoms with E-state index < -0.39 is 11.5 Å². The third-order valence-corrected chi connectivity index (χ3v) is 5.20. The van der Waals surface area contributed by atoms with Gasteiger partial charge in [0.25, 0.3) is 0 Å². The highest BCUT2D eigenvalue weighted by molar-refractivity contribution is 5.07. The van der Waals surface area contributed by atoms with Gasteiger partial charge in [-0.2, -0.15) is 5.26 Å². The van der Waals surface area contributed by atoms with Gasteiger partial charge in [0.05, 0.1) is 23.2 Å². The van der Waals surface area contributed by atoms with Crippen molar-refractivity contribution in [2.24, 2.45) is 16.7 Å². The topological polar surface area (TPSA) is 53.2 Å². The fraction of sp³-hybridized carbons (Fsp3) is 0.941. The monoisotopic (exact) mass is 281 g/mol. The van der Waals surface area contributed by atoms with Crippen molar-refractivity contribution in [1.29, 1.82) is 5.26 Å². The third kappa shape index (κ3) is 3.96. The van der Waals surface area contributed by atoms with Gasteiger partial charge in [-0.05, 0) is 50.9 Å². The lowest BCUT2D eigenvalue weighted by Crippen LogP contribution is -2.43. The molecule has 20 heavy (non-hydrogen) atoms. The second kappa shape index (κ2) is 6.03. The first kappa shape index (κ1) is 17.5. The highest BCUT2D eigenvalue weighted by Gasteiger charge is 2.45. The molecule has 1 N–H and O–H groups in total. The number of aliphatic hydroxyl groups is 1. The lowest BCUT2D eigenvalue weighted by atomic mass is 9.62. The van der Waals surface area contributed by atoms with E-state index in [0.29, 0.717) is 17.8 Å². The van der Waals surface area contributed by atoms with E-state index >= 15 is 0 Å². The van der Waals surface area contributed by atoms with Gasteiger partial charge in [-0.3, -0.25) is 0 Å². The Bertz CT molecular complexity index is 354. The van der Waals surface area contributed by atoms with Crippen molar-refractivity contribution in [1.82, 2.24) is 0 Å². The number of aliphatic hydroxyl groups excluding tert-OH is 1. The Morgan fingerprint density at radius 2 is 1.75 bits per heavy atom. The largest absolute Gasteiger partial charge is 0.391 e. The average molecular weight is 281 g/mol. The van der Waals surface area contributed by atoms with Crippen molar-refractivity contribution in [3.63, 3.8) is 0 Å². The molecule has 1 aliphatic carbocycles. The van der Waals surface area contributed by atoms with Gasteiger partial charge >= 0.3 is 0 Å². The second-order valence-electron chi connectivity index (χ2n) is 8.09. The van der Waals surface area contributed by atoms with E-state index in [1.165, 1.54) is 0 Å². The predicted octanol–water partition coefficient (Wildman–Crippen LogP) is 3.91. The van der Waals surface area contributed by atoms with E-state index in [1.54, 1.807) is 7.11 Å². The summed E-state index contributed by atoms with van der Waals surface area (Å²) in [5.41, 5.74) is -0.680. The molecule has 0 heterocycles. The zero-order valence-corrected chi connectivity index (χ0v) is 14.0. The Morgan fingerprint density at radius 3 is 2.10 bits per heavy atom. The number of hydrogen-bond acceptors (Lipinski definition) is 3. The molecule has 1 unspecified atom stereocenters. The molecular weight excluding hydrogens is 250 g/mol. The molecule has 0 amide bonds. The first-order chi connectivity index (χ1) is 9.06. The summed E-state index contributed by atoms with van der Waals surface area (Å²) >= 11 is 0. The van der Waals surface area contributed by atoms with Crippen LogP contribution in [0.4, 0.5) is 0 Å². The highest BCUT2D eigenvalue weighted by Crippen LogP contribution is 2.48. The molecule has 116 valence electrons. The molecule has 1 atom stereocenters. The molecule has 0 saturated heterocycles. The van der Waals surface area contributed by atoms with E-state index in [1.807, 2.05) is 13.8 Å². The first-order valence-electron chi connectivity index (χ1n) is 7.71. The maximum absolute atomic E-state index is 10.6. The molecule has 0 aromatic carbocycles. The number of rotatable bonds is 4. The summed E-state index contributed by atoms with van der Waals surface area (Å²) in [5.74, 6) is 0.645. The molecule has 3 nitrogen and oxygen atoms in total. The van der Waals surface area contributed by atoms with Crippen LogP contribution in [0.2, 0.25) is 0 Å². The summed E-state index contributed by atoms with van der Waals surface area (Å²) in [6.45, 7) is 10.7. The summed E-state index contributed by atoms with van der Waals surface area (Å²) in [4.78, 5) is 0. The van der Waals surface area contributed by atoms with Crippen LogP contribution in [-0.4, -0.2) is 23.9 Å². The quantitative estimate of drug-likeness (QED) is 0.850. The average Bonchev–Trinajstić information content (AvgIpc) is 2.37. The van der Waals surface area contributed by atoms with Crippen LogP contribution in [0.1, 0.15) is 66.7 Å². The first-order valence-corrected chi connectivity index (χ1v) is 7.71. The molecule has 0 aromatic heterocycles. The van der Waals surface area contributed by atoms with Gasteiger partial charge in [0.2, 0.25) is 0 Å². The highest BCUT2D eigenvalue weighted by atomic mass is 16.5. The van der Waals surface area contributed by atoms with Crippen molar-refractivity contribution in [2.75, 3.05) is 7.11 Å². The number of nitrogens with zero attached hydrogens (tertiary/aromatic N) is 1. The SMILES string of the molecule is COC(C)(C)CC(O)C1(C#N)CCC(C(C)(C)C)CC1. The Morgan fingerprint density at radius 1 is 1.25 bits per heavy atom. The summed E-state index contributed by atoms with van der Waals surface area (Å²) in [5, 5.41) is 20.2. The summed E-state index contributed by atoms with van der Waals surface area (Å²) in [6, 6.07) is 2.43. The number of methoxy groups -OCH3 is 1. The van der Waals surface area contributed by atoms with Gasteiger partial charge < -0.3 is 9.84 Å². The van der Waals surface area contributed by atoms with Gasteiger partial charge in [0, 0.05) is 13.5 Å². The molecule has 1 aliphatic rings. The standard InChI is InChI=1S/C17H31NO2/c1-15(2,3)13-7-9-17(12-18,10-8-13)14(19)11-16(4,5)20-6/h13-14,19H,7-11H2,1-6H3. The van der Waals surface area contributed by atoms with Crippen LogP contribution >= 0.6 is 0 Å². The van der Waals surface area contributed by atoms with Gasteiger partial charge in [0.15, 0.2) is 0 Å². The predicted molar refractivity (Wildman–Crippen MR) is 81.2 cm³/mol.